The highest BCUT2D eigenvalue weighted by atomic mass is 35.5. The zero-order valence-corrected chi connectivity index (χ0v) is 19.1. The van der Waals surface area contributed by atoms with Crippen LogP contribution in [0.25, 0.3) is 0 Å². The molecule has 0 spiro atoms. The summed E-state index contributed by atoms with van der Waals surface area (Å²) in [5, 5.41) is 4.72. The summed E-state index contributed by atoms with van der Waals surface area (Å²) >= 11 is 6.12. The average Bonchev–Trinajstić information content (AvgIpc) is 3.36. The lowest BCUT2D eigenvalue weighted by atomic mass is 10.1. The van der Waals surface area contributed by atoms with Crippen molar-refractivity contribution in [3.63, 3.8) is 0 Å². The first-order chi connectivity index (χ1) is 15.5. The first kappa shape index (κ1) is 22.7. The normalized spacial score (nSPS) is 14.2. The van der Waals surface area contributed by atoms with Gasteiger partial charge in [0.05, 0.1) is 25.1 Å². The van der Waals surface area contributed by atoms with Crippen LogP contribution >= 0.6 is 11.6 Å². The van der Waals surface area contributed by atoms with Gasteiger partial charge in [0.1, 0.15) is 11.6 Å². The first-order valence-electron chi connectivity index (χ1n) is 11.2. The third-order valence-corrected chi connectivity index (χ3v) is 6.00. The Morgan fingerprint density at radius 2 is 1.94 bits per heavy atom. The van der Waals surface area contributed by atoms with Crippen LogP contribution in [0.3, 0.4) is 0 Å². The molecule has 0 fully saturated rings. The van der Waals surface area contributed by atoms with E-state index in [0.717, 1.165) is 62.6 Å². The van der Waals surface area contributed by atoms with E-state index in [1.165, 1.54) is 31.0 Å². The second-order valence-corrected chi connectivity index (χ2v) is 8.70. The van der Waals surface area contributed by atoms with Crippen LogP contribution in [0.2, 0.25) is 5.28 Å². The number of unbranched alkanes of at least 4 members (excludes halogenated alkanes) is 2. The molecule has 32 heavy (non-hydrogen) atoms. The van der Waals surface area contributed by atoms with E-state index < -0.39 is 11.6 Å². The Kier molecular flexibility index (Phi) is 7.42. The molecule has 1 N–H and O–H groups in total. The summed E-state index contributed by atoms with van der Waals surface area (Å²) in [7, 11) is 0. The molecule has 3 aromatic rings. The van der Waals surface area contributed by atoms with Crippen molar-refractivity contribution in [3.8, 4) is 0 Å². The molecule has 1 aromatic carbocycles. The molecule has 0 aliphatic carbocycles. The van der Waals surface area contributed by atoms with Crippen molar-refractivity contribution in [2.24, 2.45) is 0 Å². The van der Waals surface area contributed by atoms with E-state index in [9.17, 15) is 8.78 Å². The fraction of sp³-hybridized carbons (Fsp3) is 0.478. The molecule has 2 aromatic heterocycles. The van der Waals surface area contributed by atoms with Crippen LogP contribution in [0.15, 0.2) is 30.6 Å². The molecule has 0 saturated carbocycles. The van der Waals surface area contributed by atoms with Crippen molar-refractivity contribution in [2.75, 3.05) is 24.7 Å². The van der Waals surface area contributed by atoms with E-state index in [0.29, 0.717) is 5.28 Å². The fourth-order valence-corrected chi connectivity index (χ4v) is 4.37. The smallest absolute Gasteiger partial charge is 0.202 e. The van der Waals surface area contributed by atoms with Crippen LogP contribution < -0.4 is 4.90 Å². The number of benzene rings is 1. The maximum absolute atomic E-state index is 13.9. The minimum Gasteiger partial charge on any atom is -0.342 e. The molecule has 0 amide bonds. The number of nitrogens with one attached hydrogen (secondary N) is 1. The van der Waals surface area contributed by atoms with Gasteiger partial charge in [-0.2, -0.15) is 5.10 Å². The number of rotatable bonds is 10. The number of fused-ring (bicyclic) bond motifs is 1. The molecule has 0 radical (unpaired) electrons. The lowest BCUT2D eigenvalue weighted by Gasteiger charge is -2.35. The number of imidazole rings is 1. The van der Waals surface area contributed by atoms with E-state index in [-0.39, 0.29) is 12.1 Å². The maximum Gasteiger partial charge on any atom is 0.202 e. The number of aromatic nitrogens is 4. The van der Waals surface area contributed by atoms with Crippen LogP contribution in [0.4, 0.5) is 14.6 Å². The van der Waals surface area contributed by atoms with E-state index in [2.05, 4.69) is 31.8 Å². The SMILES string of the molecule is CCCCCN1CN(CCCc2cnn(Cc3c(F)cccc3F)c2)Cc2[nH]c(Cl)nc21. The molecule has 172 valence electrons. The molecule has 9 heteroatoms. The monoisotopic (exact) mass is 462 g/mol. The van der Waals surface area contributed by atoms with Gasteiger partial charge in [-0.3, -0.25) is 9.58 Å². The van der Waals surface area contributed by atoms with Crippen molar-refractivity contribution in [1.82, 2.24) is 24.6 Å². The first-order valence-corrected chi connectivity index (χ1v) is 11.6. The molecule has 0 unspecified atom stereocenters. The van der Waals surface area contributed by atoms with E-state index in [1.807, 2.05) is 6.20 Å². The van der Waals surface area contributed by atoms with Crippen molar-refractivity contribution in [2.45, 2.75) is 52.1 Å². The third kappa shape index (κ3) is 5.48. The second kappa shape index (κ2) is 10.4. The van der Waals surface area contributed by atoms with Gasteiger partial charge in [0.15, 0.2) is 5.82 Å². The molecule has 1 aliphatic rings. The Balaban J connectivity index is 1.31. The minimum atomic E-state index is -0.547. The zero-order chi connectivity index (χ0) is 22.5. The quantitative estimate of drug-likeness (QED) is 0.431. The lowest BCUT2D eigenvalue weighted by molar-refractivity contribution is 0.244. The van der Waals surface area contributed by atoms with Crippen LogP contribution in [0.1, 0.15) is 49.4 Å². The van der Waals surface area contributed by atoms with Gasteiger partial charge < -0.3 is 9.88 Å². The van der Waals surface area contributed by atoms with E-state index >= 15 is 0 Å². The summed E-state index contributed by atoms with van der Waals surface area (Å²) in [6.07, 6.45) is 8.97. The van der Waals surface area contributed by atoms with Gasteiger partial charge >= 0.3 is 0 Å². The van der Waals surface area contributed by atoms with Gasteiger partial charge in [-0.25, -0.2) is 13.8 Å². The van der Waals surface area contributed by atoms with Crippen LogP contribution in [-0.4, -0.2) is 44.4 Å². The van der Waals surface area contributed by atoms with Gasteiger partial charge in [0.25, 0.3) is 0 Å². The predicted octanol–water partition coefficient (Wildman–Crippen LogP) is 4.99. The summed E-state index contributed by atoms with van der Waals surface area (Å²) in [5.74, 6) is -0.119. The molecule has 0 saturated heterocycles. The molecule has 1 aliphatic heterocycles. The number of nitrogens with zero attached hydrogens (tertiary/aromatic N) is 5. The van der Waals surface area contributed by atoms with Crippen LogP contribution in [0.5, 0.6) is 0 Å². The average molecular weight is 463 g/mol. The van der Waals surface area contributed by atoms with Crippen molar-refractivity contribution >= 4 is 17.4 Å². The maximum atomic E-state index is 13.9. The number of hydrogen-bond acceptors (Lipinski definition) is 4. The Morgan fingerprint density at radius 1 is 1.12 bits per heavy atom. The molecule has 0 bridgehead atoms. The molecule has 4 rings (SSSR count). The summed E-state index contributed by atoms with van der Waals surface area (Å²) in [5.41, 5.74) is 2.16. The minimum absolute atomic E-state index is 0.0349. The van der Waals surface area contributed by atoms with Crippen molar-refractivity contribution < 1.29 is 8.78 Å². The highest BCUT2D eigenvalue weighted by Crippen LogP contribution is 2.27. The number of anilines is 1. The Hall–Kier alpha value is -2.45. The van der Waals surface area contributed by atoms with Crippen LogP contribution in [-0.2, 0) is 19.5 Å². The van der Waals surface area contributed by atoms with Gasteiger partial charge in [0, 0.05) is 31.4 Å². The summed E-state index contributed by atoms with van der Waals surface area (Å²) in [6, 6.07) is 3.91. The highest BCUT2D eigenvalue weighted by molar-refractivity contribution is 6.28. The highest BCUT2D eigenvalue weighted by Gasteiger charge is 2.25. The summed E-state index contributed by atoms with van der Waals surface area (Å²) in [4.78, 5) is 12.3. The molecular weight excluding hydrogens is 434 g/mol. The fourth-order valence-electron chi connectivity index (χ4n) is 4.18. The van der Waals surface area contributed by atoms with E-state index in [4.69, 9.17) is 11.6 Å². The van der Waals surface area contributed by atoms with Gasteiger partial charge in [0.2, 0.25) is 5.28 Å². The molecular formula is C23H29ClF2N6. The van der Waals surface area contributed by atoms with Gasteiger partial charge in [-0.05, 0) is 48.6 Å². The predicted molar refractivity (Wildman–Crippen MR) is 122 cm³/mol. The Labute approximate surface area is 192 Å². The number of aryl methyl sites for hydroxylation is 1. The third-order valence-electron chi connectivity index (χ3n) is 5.82. The zero-order valence-electron chi connectivity index (χ0n) is 18.3. The van der Waals surface area contributed by atoms with Crippen LogP contribution in [0, 0.1) is 11.6 Å². The molecule has 6 nitrogen and oxygen atoms in total. The van der Waals surface area contributed by atoms with Gasteiger partial charge in [-0.1, -0.05) is 25.8 Å². The molecule has 0 atom stereocenters. The summed E-state index contributed by atoms with van der Waals surface area (Å²) in [6.45, 7) is 5.81. The largest absolute Gasteiger partial charge is 0.342 e. The lowest BCUT2D eigenvalue weighted by Crippen LogP contribution is -2.43. The Morgan fingerprint density at radius 3 is 2.72 bits per heavy atom. The van der Waals surface area contributed by atoms with E-state index in [1.54, 1.807) is 10.9 Å². The van der Waals surface area contributed by atoms with Gasteiger partial charge in [-0.15, -0.1) is 0 Å². The number of hydrogen-bond donors (Lipinski definition) is 1. The summed E-state index contributed by atoms with van der Waals surface area (Å²) < 4.78 is 29.4. The van der Waals surface area contributed by atoms with Crippen molar-refractivity contribution in [3.05, 3.63) is 64.3 Å². The molecule has 3 heterocycles. The Bertz CT molecular complexity index is 1010. The number of H-pyrrole nitrogens is 1. The number of halogens is 3. The number of aromatic amines is 1. The topological polar surface area (TPSA) is 53.0 Å². The van der Waals surface area contributed by atoms with Crippen molar-refractivity contribution in [1.29, 1.82) is 0 Å². The standard InChI is InChI=1S/C23H29ClF2N6/c1-2-3-4-11-31-16-30(15-21-22(31)29-23(24)28-21)10-6-7-17-12-27-32(13-17)14-18-19(25)8-5-9-20(18)26/h5,8-9,12-13H,2-4,6-7,10-11,14-16H2,1H3,(H,28,29). The second-order valence-electron chi connectivity index (χ2n) is 8.34.